The third-order valence-electron chi connectivity index (χ3n) is 2.38. The van der Waals surface area contributed by atoms with E-state index >= 15 is 0 Å². The first-order valence-corrected chi connectivity index (χ1v) is 5.37. The Kier molecular flexibility index (Phi) is 2.12. The SMILES string of the molecule is CC(=O)c1cc(CC2CC2)sc1N. The Labute approximate surface area is 81.8 Å². The number of hydrogen-bond donors (Lipinski definition) is 1. The molecule has 2 nitrogen and oxygen atoms in total. The van der Waals surface area contributed by atoms with Crippen LogP contribution < -0.4 is 5.73 Å². The molecule has 0 saturated heterocycles. The van der Waals surface area contributed by atoms with Gasteiger partial charge in [0.1, 0.15) is 0 Å². The molecule has 0 aromatic carbocycles. The number of rotatable bonds is 3. The van der Waals surface area contributed by atoms with Crippen molar-refractivity contribution in [2.75, 3.05) is 5.73 Å². The van der Waals surface area contributed by atoms with E-state index in [4.69, 9.17) is 5.73 Å². The molecule has 0 amide bonds. The van der Waals surface area contributed by atoms with Gasteiger partial charge in [0.05, 0.1) is 10.6 Å². The van der Waals surface area contributed by atoms with Crippen molar-refractivity contribution in [3.63, 3.8) is 0 Å². The highest BCUT2D eigenvalue weighted by atomic mass is 32.1. The predicted octanol–water partition coefficient (Wildman–Crippen LogP) is 2.49. The van der Waals surface area contributed by atoms with Crippen LogP contribution in [0, 0.1) is 5.92 Å². The van der Waals surface area contributed by atoms with E-state index in [9.17, 15) is 4.79 Å². The topological polar surface area (TPSA) is 43.1 Å². The van der Waals surface area contributed by atoms with Gasteiger partial charge in [-0.15, -0.1) is 11.3 Å². The van der Waals surface area contributed by atoms with E-state index in [0.29, 0.717) is 10.6 Å². The number of hydrogen-bond acceptors (Lipinski definition) is 3. The Morgan fingerprint density at radius 3 is 2.85 bits per heavy atom. The molecule has 1 heterocycles. The van der Waals surface area contributed by atoms with E-state index < -0.39 is 0 Å². The van der Waals surface area contributed by atoms with Gasteiger partial charge in [0.25, 0.3) is 0 Å². The number of ketones is 1. The summed E-state index contributed by atoms with van der Waals surface area (Å²) in [6.45, 7) is 1.57. The quantitative estimate of drug-likeness (QED) is 0.753. The van der Waals surface area contributed by atoms with E-state index in [-0.39, 0.29) is 5.78 Å². The number of anilines is 1. The average Bonchev–Trinajstić information content (AvgIpc) is 2.75. The van der Waals surface area contributed by atoms with Gasteiger partial charge in [-0.05, 0) is 38.2 Å². The fourth-order valence-electron chi connectivity index (χ4n) is 1.44. The van der Waals surface area contributed by atoms with Gasteiger partial charge in [-0.3, -0.25) is 4.79 Å². The first kappa shape index (κ1) is 8.75. The highest BCUT2D eigenvalue weighted by Crippen LogP contribution is 2.36. The molecule has 1 aliphatic carbocycles. The molecule has 2 rings (SSSR count). The molecule has 0 atom stereocenters. The molecule has 0 radical (unpaired) electrons. The lowest BCUT2D eigenvalue weighted by Crippen LogP contribution is -1.93. The first-order chi connectivity index (χ1) is 6.16. The van der Waals surface area contributed by atoms with E-state index in [1.807, 2.05) is 6.07 Å². The maximum Gasteiger partial charge on any atom is 0.162 e. The fraction of sp³-hybridized carbons (Fsp3) is 0.500. The second-order valence-corrected chi connectivity index (χ2v) is 4.86. The van der Waals surface area contributed by atoms with Crippen molar-refractivity contribution in [2.45, 2.75) is 26.2 Å². The second-order valence-electron chi connectivity index (χ2n) is 3.69. The zero-order valence-electron chi connectivity index (χ0n) is 7.67. The summed E-state index contributed by atoms with van der Waals surface area (Å²) in [5, 5.41) is 0.683. The Morgan fingerprint density at radius 2 is 2.38 bits per heavy atom. The summed E-state index contributed by atoms with van der Waals surface area (Å²) in [6.07, 6.45) is 3.79. The van der Waals surface area contributed by atoms with Crippen molar-refractivity contribution in [3.05, 3.63) is 16.5 Å². The van der Waals surface area contributed by atoms with E-state index in [1.165, 1.54) is 17.7 Å². The maximum absolute atomic E-state index is 11.1. The lowest BCUT2D eigenvalue weighted by Gasteiger charge is -1.89. The minimum Gasteiger partial charge on any atom is -0.390 e. The summed E-state index contributed by atoms with van der Waals surface area (Å²) < 4.78 is 0. The van der Waals surface area contributed by atoms with Crippen molar-refractivity contribution in [3.8, 4) is 0 Å². The van der Waals surface area contributed by atoms with Crippen LogP contribution in [0.25, 0.3) is 0 Å². The molecular weight excluding hydrogens is 182 g/mol. The van der Waals surface area contributed by atoms with Crippen molar-refractivity contribution >= 4 is 22.1 Å². The van der Waals surface area contributed by atoms with Crippen LogP contribution in [-0.2, 0) is 6.42 Å². The van der Waals surface area contributed by atoms with Gasteiger partial charge in [-0.25, -0.2) is 0 Å². The van der Waals surface area contributed by atoms with Crippen LogP contribution in [0.4, 0.5) is 5.00 Å². The molecule has 1 aromatic heterocycles. The molecular formula is C10H13NOS. The fourth-order valence-corrected chi connectivity index (χ4v) is 2.53. The van der Waals surface area contributed by atoms with Crippen molar-refractivity contribution in [1.82, 2.24) is 0 Å². The summed E-state index contributed by atoms with van der Waals surface area (Å²) in [5.41, 5.74) is 6.45. The van der Waals surface area contributed by atoms with E-state index in [0.717, 1.165) is 12.3 Å². The summed E-state index contributed by atoms with van der Waals surface area (Å²) in [7, 11) is 0. The zero-order chi connectivity index (χ0) is 9.42. The summed E-state index contributed by atoms with van der Waals surface area (Å²) >= 11 is 1.57. The van der Waals surface area contributed by atoms with Crippen LogP contribution in [0.1, 0.15) is 35.0 Å². The van der Waals surface area contributed by atoms with Crippen LogP contribution in [0.3, 0.4) is 0 Å². The largest absolute Gasteiger partial charge is 0.390 e. The molecule has 0 aliphatic heterocycles. The molecule has 70 valence electrons. The number of carbonyl (C=O) groups is 1. The number of nitrogens with two attached hydrogens (primary N) is 1. The van der Waals surface area contributed by atoms with Gasteiger partial charge < -0.3 is 5.73 Å². The summed E-state index contributed by atoms with van der Waals surface area (Å²) in [6, 6.07) is 1.96. The molecule has 3 heteroatoms. The van der Waals surface area contributed by atoms with Gasteiger partial charge >= 0.3 is 0 Å². The molecule has 1 fully saturated rings. The lowest BCUT2D eigenvalue weighted by molar-refractivity contribution is 0.101. The Hall–Kier alpha value is -0.830. The molecule has 13 heavy (non-hydrogen) atoms. The van der Waals surface area contributed by atoms with Gasteiger partial charge in [0, 0.05) is 4.88 Å². The molecule has 0 unspecified atom stereocenters. The summed E-state index contributed by atoms with van der Waals surface area (Å²) in [5.74, 6) is 0.939. The van der Waals surface area contributed by atoms with Crippen LogP contribution in [-0.4, -0.2) is 5.78 Å². The number of carbonyl (C=O) groups excluding carboxylic acids is 1. The van der Waals surface area contributed by atoms with Gasteiger partial charge in [-0.1, -0.05) is 0 Å². The molecule has 0 spiro atoms. The Balaban J connectivity index is 2.18. The minimum absolute atomic E-state index is 0.0794. The zero-order valence-corrected chi connectivity index (χ0v) is 8.49. The normalized spacial score (nSPS) is 16.1. The Bertz CT molecular complexity index is 339. The van der Waals surface area contributed by atoms with Gasteiger partial charge in [-0.2, -0.15) is 0 Å². The molecule has 1 aromatic rings. The molecule has 2 N–H and O–H groups in total. The van der Waals surface area contributed by atoms with Gasteiger partial charge in [0.15, 0.2) is 5.78 Å². The highest BCUT2D eigenvalue weighted by molar-refractivity contribution is 7.16. The van der Waals surface area contributed by atoms with Crippen molar-refractivity contribution < 1.29 is 4.79 Å². The Morgan fingerprint density at radius 1 is 1.69 bits per heavy atom. The first-order valence-electron chi connectivity index (χ1n) is 4.56. The van der Waals surface area contributed by atoms with Crippen LogP contribution in [0.15, 0.2) is 6.07 Å². The number of Topliss-reactive ketones (excluding diaryl/α,β-unsaturated/α-hetero) is 1. The van der Waals surface area contributed by atoms with Crippen LogP contribution in [0.2, 0.25) is 0 Å². The van der Waals surface area contributed by atoms with Gasteiger partial charge in [0.2, 0.25) is 0 Å². The third kappa shape index (κ3) is 1.91. The minimum atomic E-state index is 0.0794. The molecule has 1 aliphatic rings. The standard InChI is InChI=1S/C10H13NOS/c1-6(12)9-5-8(13-10(9)11)4-7-2-3-7/h5,7H,2-4,11H2,1H3. The number of thiophene rings is 1. The third-order valence-corrected chi connectivity index (χ3v) is 3.36. The molecule has 1 saturated carbocycles. The van der Waals surface area contributed by atoms with Crippen LogP contribution >= 0.6 is 11.3 Å². The van der Waals surface area contributed by atoms with Crippen LogP contribution in [0.5, 0.6) is 0 Å². The van der Waals surface area contributed by atoms with Crippen molar-refractivity contribution in [1.29, 1.82) is 0 Å². The second kappa shape index (κ2) is 3.14. The van der Waals surface area contributed by atoms with E-state index in [1.54, 1.807) is 18.3 Å². The lowest BCUT2D eigenvalue weighted by atomic mass is 10.2. The number of nitrogen functional groups attached to an aromatic ring is 1. The summed E-state index contributed by atoms with van der Waals surface area (Å²) in [4.78, 5) is 12.4. The predicted molar refractivity (Wildman–Crippen MR) is 55.2 cm³/mol. The molecule has 0 bridgehead atoms. The average molecular weight is 195 g/mol. The highest BCUT2D eigenvalue weighted by Gasteiger charge is 2.23. The van der Waals surface area contributed by atoms with Crippen molar-refractivity contribution in [2.24, 2.45) is 5.92 Å². The van der Waals surface area contributed by atoms with E-state index in [2.05, 4.69) is 0 Å². The smallest absolute Gasteiger partial charge is 0.162 e. The maximum atomic E-state index is 11.1. The monoisotopic (exact) mass is 195 g/mol.